The lowest BCUT2D eigenvalue weighted by Gasteiger charge is -2.22. The van der Waals surface area contributed by atoms with Crippen LogP contribution in [0, 0.1) is 11.3 Å². The minimum Gasteiger partial charge on any atom is -0.461 e. The highest BCUT2D eigenvalue weighted by molar-refractivity contribution is 6.42. The van der Waals surface area contributed by atoms with Crippen LogP contribution in [0.2, 0.25) is 0 Å². The summed E-state index contributed by atoms with van der Waals surface area (Å²) in [6, 6.07) is 1.27. The summed E-state index contributed by atoms with van der Waals surface area (Å²) in [5, 5.41) is 12.6. The molecule has 7 nitrogen and oxygen atoms in total. The smallest absolute Gasteiger partial charge is 0.444 e. The van der Waals surface area contributed by atoms with Crippen LogP contribution in [0.25, 0.3) is 0 Å². The van der Waals surface area contributed by atoms with E-state index in [-0.39, 0.29) is 12.6 Å². The van der Waals surface area contributed by atoms with Gasteiger partial charge in [-0.2, -0.15) is 5.26 Å². The van der Waals surface area contributed by atoms with Crippen LogP contribution in [0.3, 0.4) is 0 Å². The van der Waals surface area contributed by atoms with Crippen molar-refractivity contribution in [3.8, 4) is 6.07 Å². The molecule has 0 aromatic carbocycles. The first-order chi connectivity index (χ1) is 7.76. The van der Waals surface area contributed by atoms with Crippen molar-refractivity contribution in [2.24, 2.45) is 5.10 Å². The summed E-state index contributed by atoms with van der Waals surface area (Å²) in [6.07, 6.45) is 0. The minimum atomic E-state index is -0.826. The Morgan fingerprint density at radius 3 is 2.29 bits per heavy atom. The second-order valence-corrected chi connectivity index (χ2v) is 3.85. The third kappa shape index (κ3) is 4.20. The fourth-order valence-electron chi connectivity index (χ4n) is 1.09. The highest BCUT2D eigenvalue weighted by atomic mass is 16.5. The number of nitriles is 1. The molecular weight excluding hydrogens is 224 g/mol. The van der Waals surface area contributed by atoms with Crippen molar-refractivity contribution in [3.63, 3.8) is 0 Å². The maximum Gasteiger partial charge on any atom is 0.444 e. The van der Waals surface area contributed by atoms with Crippen molar-refractivity contribution in [1.29, 1.82) is 5.26 Å². The number of carbonyl (C=O) groups is 2. The third-order valence-electron chi connectivity index (χ3n) is 1.78. The Hall–Kier alpha value is -1.94. The molecule has 0 aliphatic heterocycles. The van der Waals surface area contributed by atoms with E-state index in [1.807, 2.05) is 0 Å². The lowest BCUT2D eigenvalue weighted by atomic mass is 10.4. The van der Waals surface area contributed by atoms with Crippen molar-refractivity contribution < 1.29 is 18.9 Å². The molecular formula is C10H17N4O3+. The Morgan fingerprint density at radius 2 is 1.94 bits per heavy atom. The molecule has 0 aromatic heterocycles. The van der Waals surface area contributed by atoms with Crippen LogP contribution in [0.1, 0.15) is 6.92 Å². The number of quaternary nitrogens is 1. The molecule has 94 valence electrons. The average Bonchev–Trinajstić information content (AvgIpc) is 2.24. The molecule has 17 heavy (non-hydrogen) atoms. The zero-order valence-electron chi connectivity index (χ0n) is 10.7. The largest absolute Gasteiger partial charge is 0.461 e. The minimum absolute atomic E-state index is 0.147. The first-order valence-corrected chi connectivity index (χ1v) is 4.99. The number of hydrogen-bond acceptors (Lipinski definition) is 5. The lowest BCUT2D eigenvalue weighted by molar-refractivity contribution is -0.818. The Bertz CT molecular complexity index is 380. The van der Waals surface area contributed by atoms with Crippen molar-refractivity contribution in [3.05, 3.63) is 0 Å². The van der Waals surface area contributed by atoms with E-state index < -0.39 is 16.3 Å². The van der Waals surface area contributed by atoms with E-state index >= 15 is 0 Å². The van der Waals surface area contributed by atoms with Crippen molar-refractivity contribution in [1.82, 2.24) is 4.90 Å². The van der Waals surface area contributed by atoms with Crippen LogP contribution in [0.4, 0.5) is 4.79 Å². The van der Waals surface area contributed by atoms with Gasteiger partial charge in [0.25, 0.3) is 5.71 Å². The molecule has 0 saturated heterocycles. The highest BCUT2D eigenvalue weighted by Gasteiger charge is 2.31. The van der Waals surface area contributed by atoms with Crippen molar-refractivity contribution in [2.75, 3.05) is 34.8 Å². The van der Waals surface area contributed by atoms with Gasteiger partial charge in [0.2, 0.25) is 0 Å². The van der Waals surface area contributed by atoms with E-state index in [9.17, 15) is 9.59 Å². The van der Waals surface area contributed by atoms with E-state index in [0.29, 0.717) is 0 Å². The number of hydrogen-bond donors (Lipinski definition) is 0. The first-order valence-electron chi connectivity index (χ1n) is 4.99. The Kier molecular flexibility index (Phi) is 5.28. The number of nitrogens with zero attached hydrogens (tertiary/aromatic N) is 4. The van der Waals surface area contributed by atoms with Gasteiger partial charge in [0.15, 0.2) is 0 Å². The lowest BCUT2D eigenvalue weighted by Crippen LogP contribution is -2.48. The number of carbonyl (C=O) groups excluding carboxylic acids is 2. The molecule has 0 fully saturated rings. The Labute approximate surface area is 100 Å². The zero-order valence-corrected chi connectivity index (χ0v) is 10.7. The third-order valence-corrected chi connectivity index (χ3v) is 1.78. The molecule has 0 N–H and O–H groups in total. The van der Waals surface area contributed by atoms with Gasteiger partial charge in [-0.25, -0.2) is 9.59 Å². The number of ether oxygens (including phenoxy) is 1. The summed E-state index contributed by atoms with van der Waals surface area (Å²) in [5.74, 6) is -0.826. The van der Waals surface area contributed by atoms with Gasteiger partial charge in [0.1, 0.15) is 20.2 Å². The van der Waals surface area contributed by atoms with E-state index in [4.69, 9.17) is 5.26 Å². The summed E-state index contributed by atoms with van der Waals surface area (Å²) in [4.78, 5) is 24.4. The Morgan fingerprint density at radius 1 is 1.41 bits per heavy atom. The predicted molar refractivity (Wildman–Crippen MR) is 60.9 cm³/mol. The number of urea groups is 1. The first kappa shape index (κ1) is 15.1. The molecule has 0 aromatic rings. The maximum atomic E-state index is 11.7. The topological polar surface area (TPSA) is 82.8 Å². The van der Waals surface area contributed by atoms with Crippen LogP contribution >= 0.6 is 0 Å². The molecule has 0 aliphatic rings. The van der Waals surface area contributed by atoms with Crippen LogP contribution in [-0.2, 0) is 9.53 Å². The Balaban J connectivity index is 5.15. The summed E-state index contributed by atoms with van der Waals surface area (Å²) >= 11 is 0. The molecule has 0 aliphatic carbocycles. The quantitative estimate of drug-likeness (QED) is 0.305. The van der Waals surface area contributed by atoms with Crippen LogP contribution in [0.15, 0.2) is 5.10 Å². The fraction of sp³-hybridized carbons (Fsp3) is 0.600. The molecule has 7 heteroatoms. The van der Waals surface area contributed by atoms with Crippen LogP contribution in [-0.4, -0.2) is 62.0 Å². The van der Waals surface area contributed by atoms with E-state index in [1.165, 1.54) is 19.0 Å². The maximum absolute atomic E-state index is 11.7. The van der Waals surface area contributed by atoms with Gasteiger partial charge in [-0.05, 0) is 6.92 Å². The molecule has 0 saturated carbocycles. The number of rotatable bonds is 3. The summed E-state index contributed by atoms with van der Waals surface area (Å²) < 4.78 is 4.18. The number of esters is 1. The van der Waals surface area contributed by atoms with Crippen molar-refractivity contribution >= 4 is 17.7 Å². The zero-order chi connectivity index (χ0) is 13.6. The summed E-state index contributed by atoms with van der Waals surface area (Å²) in [5.41, 5.74) is -0.424. The SMILES string of the molecule is CCOC(=O)C(C#N)=N[N+](C)(C)C(=O)N(C)C. The highest BCUT2D eigenvalue weighted by Crippen LogP contribution is 2.04. The molecule has 0 heterocycles. The van der Waals surface area contributed by atoms with Gasteiger partial charge in [0.05, 0.1) is 6.61 Å². The van der Waals surface area contributed by atoms with Gasteiger partial charge < -0.3 is 4.74 Å². The van der Waals surface area contributed by atoms with Gasteiger partial charge in [-0.15, -0.1) is 4.59 Å². The monoisotopic (exact) mass is 241 g/mol. The van der Waals surface area contributed by atoms with Gasteiger partial charge >= 0.3 is 12.0 Å². The van der Waals surface area contributed by atoms with Crippen LogP contribution < -0.4 is 0 Å². The molecule has 0 spiro atoms. The van der Waals surface area contributed by atoms with Crippen molar-refractivity contribution in [2.45, 2.75) is 6.92 Å². The fourth-order valence-corrected chi connectivity index (χ4v) is 1.09. The van der Waals surface area contributed by atoms with E-state index in [2.05, 4.69) is 9.84 Å². The molecule has 0 radical (unpaired) electrons. The standard InChI is InChI=1S/C10H17N4O3/c1-6-17-9(15)8(7-11)12-14(4,5)10(16)13(2)3/h6H2,1-5H3/q+1. The molecule has 0 rings (SSSR count). The molecule has 0 bridgehead atoms. The molecule has 0 unspecified atom stereocenters. The number of amides is 2. The second kappa shape index (κ2) is 5.96. The predicted octanol–water partition coefficient (Wildman–Crippen LogP) is 0.187. The summed E-state index contributed by atoms with van der Waals surface area (Å²) in [7, 11) is 6.07. The van der Waals surface area contributed by atoms with Gasteiger partial charge in [-0.1, -0.05) is 5.10 Å². The normalized spacial score (nSPS) is 11.6. The average molecular weight is 241 g/mol. The second-order valence-electron chi connectivity index (χ2n) is 3.85. The van der Waals surface area contributed by atoms with Crippen LogP contribution in [0.5, 0.6) is 0 Å². The summed E-state index contributed by atoms with van der Waals surface area (Å²) in [6.45, 7) is 1.77. The van der Waals surface area contributed by atoms with E-state index in [0.717, 1.165) is 0 Å². The van der Waals surface area contributed by atoms with Gasteiger partial charge in [-0.3, -0.25) is 4.90 Å². The van der Waals surface area contributed by atoms with E-state index in [1.54, 1.807) is 27.1 Å². The molecule has 0 atom stereocenters. The van der Waals surface area contributed by atoms with Gasteiger partial charge in [0, 0.05) is 14.1 Å². The molecule has 2 amide bonds.